The number of carbonyl (C=O) groups excluding carboxylic acids is 1. The third-order valence-corrected chi connectivity index (χ3v) is 7.05. The SMILES string of the molecule is CCCn1c(S[C@H](C)C(=O)N[C@H]2CCC[C@H](C)[C@@H]2C)nc2ccccc2c1=O. The Morgan fingerprint density at radius 1 is 1.32 bits per heavy atom. The Morgan fingerprint density at radius 3 is 2.82 bits per heavy atom. The molecular weight excluding hydrogens is 370 g/mol. The zero-order valence-corrected chi connectivity index (χ0v) is 18.1. The van der Waals surface area contributed by atoms with Gasteiger partial charge in [-0.15, -0.1) is 0 Å². The van der Waals surface area contributed by atoms with Crippen molar-refractivity contribution < 1.29 is 4.79 Å². The molecule has 1 N–H and O–H groups in total. The van der Waals surface area contributed by atoms with E-state index in [-0.39, 0.29) is 22.8 Å². The standard InChI is InChI=1S/C22H31N3O2S/c1-5-13-25-21(27)17-10-6-7-11-19(17)24-22(25)28-16(4)20(26)23-18-12-8-9-14(2)15(18)3/h6-7,10-11,14-16,18H,5,8-9,12-13H2,1-4H3,(H,23,26)/t14-,15-,16+,18-/m0/s1. The maximum Gasteiger partial charge on any atom is 0.262 e. The summed E-state index contributed by atoms with van der Waals surface area (Å²) >= 11 is 1.38. The van der Waals surface area contributed by atoms with Gasteiger partial charge in [-0.3, -0.25) is 14.2 Å². The molecule has 1 aromatic carbocycles. The maximum atomic E-state index is 12.9. The van der Waals surface area contributed by atoms with Crippen molar-refractivity contribution in [2.75, 3.05) is 0 Å². The molecule has 1 aromatic heterocycles. The van der Waals surface area contributed by atoms with Crippen LogP contribution in [0, 0.1) is 11.8 Å². The van der Waals surface area contributed by atoms with E-state index >= 15 is 0 Å². The zero-order chi connectivity index (χ0) is 20.3. The van der Waals surface area contributed by atoms with Crippen LogP contribution in [0.25, 0.3) is 10.9 Å². The third kappa shape index (κ3) is 4.43. The molecule has 1 aliphatic carbocycles. The van der Waals surface area contributed by atoms with E-state index in [9.17, 15) is 9.59 Å². The first-order chi connectivity index (χ1) is 13.4. The van der Waals surface area contributed by atoms with E-state index in [1.807, 2.05) is 38.1 Å². The average molecular weight is 402 g/mol. The van der Waals surface area contributed by atoms with Crippen molar-refractivity contribution in [2.45, 2.75) is 76.4 Å². The summed E-state index contributed by atoms with van der Waals surface area (Å²) in [5.74, 6) is 1.16. The monoisotopic (exact) mass is 401 g/mol. The third-order valence-electron chi connectivity index (χ3n) is 5.96. The van der Waals surface area contributed by atoms with Crippen molar-refractivity contribution in [3.63, 3.8) is 0 Å². The number of hydrogen-bond donors (Lipinski definition) is 1. The molecule has 1 saturated carbocycles. The summed E-state index contributed by atoms with van der Waals surface area (Å²) in [6.45, 7) is 9.04. The summed E-state index contributed by atoms with van der Waals surface area (Å²) in [6, 6.07) is 7.65. The number of nitrogens with zero attached hydrogens (tertiary/aromatic N) is 2. The second kappa shape index (κ2) is 9.12. The molecule has 0 unspecified atom stereocenters. The summed E-state index contributed by atoms with van der Waals surface area (Å²) in [5, 5.41) is 4.19. The molecule has 0 spiro atoms. The zero-order valence-electron chi connectivity index (χ0n) is 17.3. The lowest BCUT2D eigenvalue weighted by atomic mass is 9.78. The van der Waals surface area contributed by atoms with E-state index in [4.69, 9.17) is 4.98 Å². The Labute approximate surface area is 171 Å². The van der Waals surface area contributed by atoms with E-state index in [2.05, 4.69) is 19.2 Å². The molecule has 6 heteroatoms. The number of fused-ring (bicyclic) bond motifs is 1. The van der Waals surface area contributed by atoms with Gasteiger partial charge in [-0.2, -0.15) is 0 Å². The minimum atomic E-state index is -0.305. The van der Waals surface area contributed by atoms with Crippen LogP contribution >= 0.6 is 11.8 Å². The van der Waals surface area contributed by atoms with Gasteiger partial charge in [0.05, 0.1) is 16.2 Å². The topological polar surface area (TPSA) is 64.0 Å². The van der Waals surface area contributed by atoms with Crippen LogP contribution in [-0.2, 0) is 11.3 Å². The smallest absolute Gasteiger partial charge is 0.262 e. The van der Waals surface area contributed by atoms with Gasteiger partial charge >= 0.3 is 0 Å². The first-order valence-electron chi connectivity index (χ1n) is 10.4. The van der Waals surface area contributed by atoms with Crippen LogP contribution < -0.4 is 10.9 Å². The van der Waals surface area contributed by atoms with Gasteiger partial charge in [0.1, 0.15) is 0 Å². The Kier molecular flexibility index (Phi) is 6.81. The van der Waals surface area contributed by atoms with Crippen LogP contribution in [0.5, 0.6) is 0 Å². The minimum Gasteiger partial charge on any atom is -0.352 e. The lowest BCUT2D eigenvalue weighted by Gasteiger charge is -2.35. The van der Waals surface area contributed by atoms with E-state index in [0.29, 0.717) is 34.4 Å². The molecule has 5 nitrogen and oxygen atoms in total. The Morgan fingerprint density at radius 2 is 2.07 bits per heavy atom. The van der Waals surface area contributed by atoms with E-state index in [1.165, 1.54) is 24.6 Å². The number of thioether (sulfide) groups is 1. The Hall–Kier alpha value is -1.82. The second-order valence-corrected chi connectivity index (χ2v) is 9.32. The van der Waals surface area contributed by atoms with Crippen molar-refractivity contribution in [2.24, 2.45) is 11.8 Å². The molecule has 1 aliphatic rings. The molecule has 0 saturated heterocycles. The molecule has 1 heterocycles. The van der Waals surface area contributed by atoms with Crippen LogP contribution in [-0.4, -0.2) is 26.8 Å². The number of aromatic nitrogens is 2. The fourth-order valence-corrected chi connectivity index (χ4v) is 4.90. The molecule has 4 atom stereocenters. The number of benzene rings is 1. The van der Waals surface area contributed by atoms with Gasteiger partial charge in [-0.1, -0.05) is 57.5 Å². The van der Waals surface area contributed by atoms with Crippen LogP contribution in [0.3, 0.4) is 0 Å². The molecule has 2 aromatic rings. The molecule has 0 bridgehead atoms. The predicted molar refractivity (Wildman–Crippen MR) is 116 cm³/mol. The highest BCUT2D eigenvalue weighted by Crippen LogP contribution is 2.30. The molecule has 3 rings (SSSR count). The van der Waals surface area contributed by atoms with Gasteiger partial charge < -0.3 is 5.32 Å². The predicted octanol–water partition coefficient (Wildman–Crippen LogP) is 4.23. The fraction of sp³-hybridized carbons (Fsp3) is 0.591. The normalized spacial score (nSPS) is 23.5. The van der Waals surface area contributed by atoms with Gasteiger partial charge in [0.15, 0.2) is 5.16 Å². The number of rotatable bonds is 6. The van der Waals surface area contributed by atoms with Crippen molar-refractivity contribution in [3.8, 4) is 0 Å². The average Bonchev–Trinajstić information content (AvgIpc) is 2.68. The summed E-state index contributed by atoms with van der Waals surface area (Å²) in [7, 11) is 0. The lowest BCUT2D eigenvalue weighted by Crippen LogP contribution is -2.46. The first kappa shape index (κ1) is 20.9. The van der Waals surface area contributed by atoms with E-state index in [1.54, 1.807) is 4.57 Å². The molecule has 0 radical (unpaired) electrons. The van der Waals surface area contributed by atoms with Crippen LogP contribution in [0.4, 0.5) is 0 Å². The number of amides is 1. The van der Waals surface area contributed by atoms with Crippen molar-refractivity contribution in [3.05, 3.63) is 34.6 Å². The van der Waals surface area contributed by atoms with Crippen LogP contribution in [0.15, 0.2) is 34.2 Å². The highest BCUT2D eigenvalue weighted by Gasteiger charge is 2.30. The minimum absolute atomic E-state index is 0.0291. The summed E-state index contributed by atoms with van der Waals surface area (Å²) < 4.78 is 1.71. The van der Waals surface area contributed by atoms with Crippen LogP contribution in [0.2, 0.25) is 0 Å². The lowest BCUT2D eigenvalue weighted by molar-refractivity contribution is -0.121. The number of para-hydroxylation sites is 1. The maximum absolute atomic E-state index is 12.9. The fourth-order valence-electron chi connectivity index (χ4n) is 3.96. The Balaban J connectivity index is 1.80. The summed E-state index contributed by atoms with van der Waals surface area (Å²) in [4.78, 5) is 30.4. The number of carbonyl (C=O) groups is 1. The largest absolute Gasteiger partial charge is 0.352 e. The highest BCUT2D eigenvalue weighted by atomic mass is 32.2. The molecule has 0 aliphatic heterocycles. The first-order valence-corrected chi connectivity index (χ1v) is 11.3. The van der Waals surface area contributed by atoms with Gasteiger partial charge in [-0.05, 0) is 43.7 Å². The van der Waals surface area contributed by atoms with E-state index < -0.39 is 0 Å². The summed E-state index contributed by atoms with van der Waals surface area (Å²) in [6.07, 6.45) is 4.29. The quantitative estimate of drug-likeness (QED) is 0.581. The van der Waals surface area contributed by atoms with Crippen molar-refractivity contribution in [1.29, 1.82) is 0 Å². The van der Waals surface area contributed by atoms with E-state index in [0.717, 1.165) is 12.8 Å². The molecule has 152 valence electrons. The van der Waals surface area contributed by atoms with Gasteiger partial charge in [0, 0.05) is 12.6 Å². The molecular formula is C22H31N3O2S. The number of nitrogens with one attached hydrogen (secondary N) is 1. The van der Waals surface area contributed by atoms with Crippen LogP contribution in [0.1, 0.15) is 53.4 Å². The van der Waals surface area contributed by atoms with Gasteiger partial charge in [0.2, 0.25) is 5.91 Å². The van der Waals surface area contributed by atoms with Crippen molar-refractivity contribution >= 4 is 28.6 Å². The van der Waals surface area contributed by atoms with Gasteiger partial charge in [0.25, 0.3) is 5.56 Å². The summed E-state index contributed by atoms with van der Waals surface area (Å²) in [5.41, 5.74) is 0.655. The Bertz CT molecular complexity index is 895. The molecule has 28 heavy (non-hydrogen) atoms. The number of hydrogen-bond acceptors (Lipinski definition) is 4. The molecule has 1 amide bonds. The second-order valence-electron chi connectivity index (χ2n) is 8.01. The van der Waals surface area contributed by atoms with Crippen molar-refractivity contribution in [1.82, 2.24) is 14.9 Å². The van der Waals surface area contributed by atoms with Gasteiger partial charge in [-0.25, -0.2) is 4.98 Å². The highest BCUT2D eigenvalue weighted by molar-refractivity contribution is 8.00. The molecule has 1 fully saturated rings.